The molecule has 0 radical (unpaired) electrons. The fourth-order valence-corrected chi connectivity index (χ4v) is 3.78. The van der Waals surface area contributed by atoms with Crippen molar-refractivity contribution < 1.29 is 18.0 Å². The highest BCUT2D eigenvalue weighted by Crippen LogP contribution is 2.28. The zero-order chi connectivity index (χ0) is 21.0. The van der Waals surface area contributed by atoms with Crippen LogP contribution in [0.2, 0.25) is 5.02 Å². The van der Waals surface area contributed by atoms with Gasteiger partial charge in [-0.15, -0.1) is 0 Å². The van der Waals surface area contributed by atoms with Crippen molar-refractivity contribution in [2.24, 2.45) is 5.92 Å². The number of aromatic amines is 1. The average Bonchev–Trinajstić information content (AvgIpc) is 3.17. The van der Waals surface area contributed by atoms with E-state index in [1.54, 1.807) is 18.2 Å². The number of rotatable bonds is 6. The lowest BCUT2D eigenvalue weighted by Crippen LogP contribution is -2.42. The van der Waals surface area contributed by atoms with Crippen molar-refractivity contribution in [3.63, 3.8) is 0 Å². The van der Waals surface area contributed by atoms with Gasteiger partial charge in [0.2, 0.25) is 0 Å². The highest BCUT2D eigenvalue weighted by molar-refractivity contribution is 6.31. The summed E-state index contributed by atoms with van der Waals surface area (Å²) in [4.78, 5) is 16.8. The molecule has 1 aliphatic rings. The van der Waals surface area contributed by atoms with Crippen LogP contribution in [0, 0.1) is 5.92 Å². The molecule has 1 aromatic carbocycles. The van der Waals surface area contributed by atoms with Crippen LogP contribution < -0.4 is 0 Å². The molecule has 2 aromatic rings. The Balaban J connectivity index is 1.76. The maximum atomic E-state index is 13.0. The zero-order valence-corrected chi connectivity index (χ0v) is 16.9. The van der Waals surface area contributed by atoms with Gasteiger partial charge < -0.3 is 9.80 Å². The minimum Gasteiger partial charge on any atom is -0.332 e. The van der Waals surface area contributed by atoms with Gasteiger partial charge in [-0.25, -0.2) is 0 Å². The largest absolute Gasteiger partial charge is 0.435 e. The van der Waals surface area contributed by atoms with Gasteiger partial charge in [0.25, 0.3) is 5.91 Å². The Bertz CT molecular complexity index is 839. The Morgan fingerprint density at radius 1 is 1.38 bits per heavy atom. The highest BCUT2D eigenvalue weighted by Gasteiger charge is 2.35. The van der Waals surface area contributed by atoms with E-state index in [4.69, 9.17) is 11.6 Å². The maximum Gasteiger partial charge on any atom is 0.435 e. The molecular formula is C20H24ClF3N4O. The van der Waals surface area contributed by atoms with Crippen LogP contribution >= 0.6 is 11.6 Å². The molecule has 1 aliphatic heterocycles. The molecule has 1 amide bonds. The number of carbonyl (C=O) groups is 1. The number of amides is 1. The zero-order valence-electron chi connectivity index (χ0n) is 16.2. The minimum atomic E-state index is -4.60. The lowest BCUT2D eigenvalue weighted by atomic mass is 10.0. The molecule has 1 fully saturated rings. The molecule has 1 N–H and O–H groups in total. The number of hydrogen-bond acceptors (Lipinski definition) is 3. The summed E-state index contributed by atoms with van der Waals surface area (Å²) in [6.45, 7) is 5.36. The van der Waals surface area contributed by atoms with E-state index in [1.165, 1.54) is 11.3 Å². The molecule has 5 nitrogen and oxygen atoms in total. The molecule has 0 bridgehead atoms. The van der Waals surface area contributed by atoms with E-state index in [9.17, 15) is 18.0 Å². The van der Waals surface area contributed by atoms with Crippen LogP contribution in [-0.4, -0.2) is 52.1 Å². The first-order chi connectivity index (χ1) is 13.7. The highest BCUT2D eigenvalue weighted by atomic mass is 35.5. The van der Waals surface area contributed by atoms with E-state index in [-0.39, 0.29) is 12.2 Å². The molecule has 9 heteroatoms. The normalized spacial score (nSPS) is 18.0. The minimum absolute atomic E-state index is 0.184. The summed E-state index contributed by atoms with van der Waals surface area (Å²) < 4.78 is 38.6. The van der Waals surface area contributed by atoms with Crippen molar-refractivity contribution in [3.05, 3.63) is 52.3 Å². The predicted molar refractivity (Wildman–Crippen MR) is 105 cm³/mol. The van der Waals surface area contributed by atoms with E-state index in [1.807, 2.05) is 6.07 Å². The first-order valence-electron chi connectivity index (χ1n) is 9.61. The van der Waals surface area contributed by atoms with Crippen molar-refractivity contribution >= 4 is 17.5 Å². The van der Waals surface area contributed by atoms with Crippen molar-refractivity contribution in [1.29, 1.82) is 0 Å². The summed E-state index contributed by atoms with van der Waals surface area (Å²) in [6.07, 6.45) is -2.31. The van der Waals surface area contributed by atoms with E-state index in [0.717, 1.165) is 31.1 Å². The molecule has 3 rings (SSSR count). The summed E-state index contributed by atoms with van der Waals surface area (Å²) in [5.74, 6) is 0.0661. The summed E-state index contributed by atoms with van der Waals surface area (Å²) in [6, 6.07) is 7.89. The summed E-state index contributed by atoms with van der Waals surface area (Å²) in [7, 11) is 0. The molecule has 2 heterocycles. The van der Waals surface area contributed by atoms with Crippen LogP contribution in [0.1, 0.15) is 41.5 Å². The van der Waals surface area contributed by atoms with Gasteiger partial charge in [-0.2, -0.15) is 18.3 Å². The fourth-order valence-electron chi connectivity index (χ4n) is 3.58. The van der Waals surface area contributed by atoms with Gasteiger partial charge in [0, 0.05) is 37.3 Å². The number of alkyl halides is 3. The monoisotopic (exact) mass is 428 g/mol. The molecule has 1 unspecified atom stereocenters. The van der Waals surface area contributed by atoms with Gasteiger partial charge >= 0.3 is 6.18 Å². The van der Waals surface area contributed by atoms with E-state index >= 15 is 0 Å². The van der Waals surface area contributed by atoms with Crippen LogP contribution in [0.3, 0.4) is 0 Å². The molecule has 0 aliphatic carbocycles. The number of nitrogens with one attached hydrogen (secondary N) is 1. The Hall–Kier alpha value is -2.06. The van der Waals surface area contributed by atoms with E-state index in [2.05, 4.69) is 22.0 Å². The third kappa shape index (κ3) is 5.73. The number of halogens is 4. The van der Waals surface area contributed by atoms with Crippen LogP contribution in [-0.2, 0) is 12.7 Å². The van der Waals surface area contributed by atoms with E-state index < -0.39 is 17.8 Å². The van der Waals surface area contributed by atoms with Crippen molar-refractivity contribution in [2.75, 3.05) is 26.2 Å². The number of aromatic nitrogens is 2. The van der Waals surface area contributed by atoms with Crippen molar-refractivity contribution in [2.45, 2.75) is 32.5 Å². The molecular weight excluding hydrogens is 405 g/mol. The molecule has 1 saturated heterocycles. The summed E-state index contributed by atoms with van der Waals surface area (Å²) in [5, 5.41) is 5.98. The van der Waals surface area contributed by atoms with Gasteiger partial charge in [0.1, 0.15) is 5.69 Å². The quantitative estimate of drug-likeness (QED) is 0.739. The fraction of sp³-hybridized carbons (Fsp3) is 0.500. The third-order valence-corrected chi connectivity index (χ3v) is 5.50. The third-order valence-electron chi connectivity index (χ3n) is 5.13. The van der Waals surface area contributed by atoms with Gasteiger partial charge in [-0.1, -0.05) is 36.7 Å². The number of hydrogen-bond donors (Lipinski definition) is 1. The van der Waals surface area contributed by atoms with E-state index in [0.29, 0.717) is 24.0 Å². The summed E-state index contributed by atoms with van der Waals surface area (Å²) >= 11 is 6.23. The molecule has 0 spiro atoms. The Labute approximate surface area is 172 Å². The number of likely N-dealkylation sites (tertiary alicyclic amines) is 1. The molecule has 1 atom stereocenters. The number of carbonyl (C=O) groups excluding carboxylic acids is 1. The lowest BCUT2D eigenvalue weighted by Gasteiger charge is -2.33. The number of piperidine rings is 1. The SMILES string of the molecule is CC1CCCN(CCN(Cc2ccccc2Cl)C(=O)c2cc(C(F)(F)F)n[nH]2)C1. The maximum absolute atomic E-state index is 13.0. The van der Waals surface area contributed by atoms with Crippen LogP contribution in [0.15, 0.2) is 30.3 Å². The standard InChI is InChI=1S/C20H24ClF3N4O/c1-14-5-4-8-27(12-14)9-10-28(13-15-6-2-3-7-16(15)21)19(29)17-11-18(26-25-17)20(22,23)24/h2-3,6-7,11,14H,4-5,8-10,12-13H2,1H3,(H,25,26). The Kier molecular flexibility index (Phi) is 6.85. The van der Waals surface area contributed by atoms with Crippen LogP contribution in [0.25, 0.3) is 0 Å². The van der Waals surface area contributed by atoms with Crippen LogP contribution in [0.5, 0.6) is 0 Å². The number of nitrogens with zero attached hydrogens (tertiary/aromatic N) is 3. The predicted octanol–water partition coefficient (Wildman–Crippen LogP) is 4.46. The van der Waals surface area contributed by atoms with Crippen molar-refractivity contribution in [3.8, 4) is 0 Å². The Morgan fingerprint density at radius 2 is 2.14 bits per heavy atom. The first kappa shape index (κ1) is 21.6. The Morgan fingerprint density at radius 3 is 2.79 bits per heavy atom. The topological polar surface area (TPSA) is 52.2 Å². The first-order valence-corrected chi connectivity index (χ1v) is 9.99. The van der Waals surface area contributed by atoms with Gasteiger partial charge in [0.15, 0.2) is 5.69 Å². The molecule has 158 valence electrons. The van der Waals surface area contributed by atoms with Crippen LogP contribution in [0.4, 0.5) is 13.2 Å². The lowest BCUT2D eigenvalue weighted by molar-refractivity contribution is -0.141. The number of H-pyrrole nitrogens is 1. The smallest absolute Gasteiger partial charge is 0.332 e. The van der Waals surface area contributed by atoms with Crippen molar-refractivity contribution in [1.82, 2.24) is 20.0 Å². The second-order valence-corrected chi connectivity index (χ2v) is 7.94. The number of benzene rings is 1. The average molecular weight is 429 g/mol. The molecule has 1 aromatic heterocycles. The van der Waals surface area contributed by atoms with Gasteiger partial charge in [-0.05, 0) is 36.9 Å². The van der Waals surface area contributed by atoms with Gasteiger partial charge in [0.05, 0.1) is 0 Å². The molecule has 0 saturated carbocycles. The second kappa shape index (κ2) is 9.17. The molecule has 29 heavy (non-hydrogen) atoms. The second-order valence-electron chi connectivity index (χ2n) is 7.53. The summed E-state index contributed by atoms with van der Waals surface area (Å²) in [5.41, 5.74) is -0.551. The van der Waals surface area contributed by atoms with Gasteiger partial charge in [-0.3, -0.25) is 9.89 Å².